The Hall–Kier alpha value is -3.36. The van der Waals surface area contributed by atoms with E-state index < -0.39 is 16.4 Å². The van der Waals surface area contributed by atoms with E-state index in [2.05, 4.69) is 47.9 Å². The van der Waals surface area contributed by atoms with E-state index in [0.29, 0.717) is 106 Å². The number of carbonyl (C=O) groups excluding carboxylic acids is 2. The van der Waals surface area contributed by atoms with Gasteiger partial charge >= 0.3 is 11.9 Å². The first-order chi connectivity index (χ1) is 42.4. The number of allylic oxidation sites excluding steroid dienone is 4. The number of benzene rings is 1. The Morgan fingerprint density at radius 2 is 1.56 bits per heavy atom. The summed E-state index contributed by atoms with van der Waals surface area (Å²) in [5.74, 6) is 5.82. The first kappa shape index (κ1) is 55.3. The number of carbonyl (C=O) groups is 2. The quantitative estimate of drug-likeness (QED) is 0.227. The van der Waals surface area contributed by atoms with E-state index in [0.717, 1.165) is 86.7 Å². The molecule has 12 aliphatic carbocycles. The minimum absolute atomic E-state index is 0.0997. The maximum Gasteiger partial charge on any atom is 0.339 e. The molecule has 0 radical (unpaired) electrons. The zero-order valence-electron chi connectivity index (χ0n) is 53.7. The van der Waals surface area contributed by atoms with Crippen LogP contribution >= 0.6 is 0 Å². The van der Waals surface area contributed by atoms with Gasteiger partial charge < -0.3 is 25.2 Å². The summed E-state index contributed by atoms with van der Waals surface area (Å²) in [7, 11) is 0. The van der Waals surface area contributed by atoms with Crippen molar-refractivity contribution in [3.8, 4) is 0 Å². The number of fused-ring (bicyclic) bond motifs is 9. The number of nitrogens with two attached hydrogens (primary N) is 1. The van der Waals surface area contributed by atoms with Gasteiger partial charge in [-0.1, -0.05) is 113 Å². The van der Waals surface area contributed by atoms with Gasteiger partial charge in [-0.25, -0.2) is 4.79 Å². The van der Waals surface area contributed by atoms with Crippen LogP contribution < -0.4 is 5.73 Å². The monoisotopic (exact) mass is 1180 g/mol. The Labute approximate surface area is 521 Å². The SMILES string of the molecule is CC1CCCC2=CC3CC4C(C)CC5=C6C4C4=C3C37C(=O)OC(=C(O)CC(C8CC9(CCCC9)C9(CCCC9%10CCCC%10)C8)N8CC9CC(C8)C(CC5)N6C9)C3(CC4)C3(OC(=O)c4c(CCCN)cccc43)C7CC2C2CCCC3(CCC(CC1)C3)C2. The smallest absolute Gasteiger partial charge is 0.339 e. The number of ether oxygens (including phenoxy) is 2. The largest absolute Gasteiger partial charge is 0.509 e. The van der Waals surface area contributed by atoms with E-state index in [1.807, 2.05) is 0 Å². The Morgan fingerprint density at radius 1 is 0.713 bits per heavy atom. The van der Waals surface area contributed by atoms with Crippen LogP contribution in [0.3, 0.4) is 0 Å². The van der Waals surface area contributed by atoms with Crippen LogP contribution in [0.1, 0.15) is 260 Å². The second kappa shape index (κ2) is 19.4. The molecular weight excluding hydrogens is 1070 g/mol. The second-order valence-corrected chi connectivity index (χ2v) is 35.4. The number of nitrogens with zero attached hydrogens (tertiary/aromatic N) is 2. The van der Waals surface area contributed by atoms with E-state index >= 15 is 9.59 Å². The molecule has 8 heteroatoms. The van der Waals surface area contributed by atoms with Crippen molar-refractivity contribution in [2.75, 3.05) is 26.2 Å². The Balaban J connectivity index is 0.860. The third-order valence-corrected chi connectivity index (χ3v) is 32.4. The number of aliphatic hydroxyl groups excluding tert-OH is 1. The zero-order valence-corrected chi connectivity index (χ0v) is 53.7. The third kappa shape index (κ3) is 7.02. The van der Waals surface area contributed by atoms with Gasteiger partial charge in [0.05, 0.1) is 11.0 Å². The summed E-state index contributed by atoms with van der Waals surface area (Å²) in [6.07, 6.45) is 47.3. The van der Waals surface area contributed by atoms with E-state index in [9.17, 15) is 5.11 Å². The average molecular weight is 1180 g/mol. The molecule has 9 heterocycles. The van der Waals surface area contributed by atoms with Crippen LogP contribution in [0.15, 0.2) is 63.8 Å². The molecule has 8 nitrogen and oxygen atoms in total. The predicted octanol–water partition coefficient (Wildman–Crippen LogP) is 16.9. The molecule has 3 saturated heterocycles. The fourth-order valence-electron chi connectivity index (χ4n) is 29.9. The van der Waals surface area contributed by atoms with Crippen LogP contribution in [0.5, 0.6) is 0 Å². The molecule has 20 atom stereocenters. The molecule has 21 aliphatic rings. The maximum absolute atomic E-state index is 17.3. The summed E-state index contributed by atoms with van der Waals surface area (Å²) in [4.78, 5) is 39.3. The van der Waals surface area contributed by atoms with Gasteiger partial charge in [-0.3, -0.25) is 9.69 Å². The van der Waals surface area contributed by atoms with Crippen molar-refractivity contribution in [1.29, 1.82) is 0 Å². The molecule has 1 aromatic rings. The molecule has 7 spiro atoms. The van der Waals surface area contributed by atoms with Gasteiger partial charge in [-0.2, -0.15) is 0 Å². The minimum atomic E-state index is -1.16. The number of aryl methyl sites for hydroxylation is 1. The summed E-state index contributed by atoms with van der Waals surface area (Å²) >= 11 is 0. The van der Waals surface area contributed by atoms with Crippen LogP contribution in [0.4, 0.5) is 0 Å². The van der Waals surface area contributed by atoms with E-state index in [4.69, 9.17) is 15.2 Å². The molecule has 0 amide bonds. The lowest BCUT2D eigenvalue weighted by atomic mass is 9.27. The Morgan fingerprint density at radius 3 is 2.43 bits per heavy atom. The first-order valence-corrected chi connectivity index (χ1v) is 37.8. The van der Waals surface area contributed by atoms with Gasteiger partial charge in [-0.15, -0.1) is 0 Å². The fourth-order valence-corrected chi connectivity index (χ4v) is 29.9. The van der Waals surface area contributed by atoms with Gasteiger partial charge in [0.25, 0.3) is 0 Å². The van der Waals surface area contributed by atoms with E-state index in [1.54, 1.807) is 22.4 Å². The second-order valence-electron chi connectivity index (χ2n) is 35.4. The Bertz CT molecular complexity index is 3200. The van der Waals surface area contributed by atoms with E-state index in [1.165, 1.54) is 185 Å². The number of hydrogen-bond acceptors (Lipinski definition) is 8. The highest BCUT2D eigenvalue weighted by atomic mass is 16.6. The van der Waals surface area contributed by atoms with Gasteiger partial charge in [0, 0.05) is 61.2 Å². The summed E-state index contributed by atoms with van der Waals surface area (Å²) in [6, 6.07) is 7.38. The van der Waals surface area contributed by atoms with Crippen molar-refractivity contribution < 1.29 is 24.2 Å². The van der Waals surface area contributed by atoms with Crippen molar-refractivity contribution >= 4 is 11.9 Å². The minimum Gasteiger partial charge on any atom is -0.509 e. The summed E-state index contributed by atoms with van der Waals surface area (Å²) < 4.78 is 15.4. The molecule has 8 saturated carbocycles. The van der Waals surface area contributed by atoms with Crippen LogP contribution in [0.2, 0.25) is 0 Å². The molecule has 15 bridgehead atoms. The van der Waals surface area contributed by atoms with Crippen molar-refractivity contribution in [1.82, 2.24) is 9.80 Å². The van der Waals surface area contributed by atoms with Crippen LogP contribution in [0.25, 0.3) is 0 Å². The van der Waals surface area contributed by atoms with Gasteiger partial charge in [0.1, 0.15) is 11.2 Å². The fraction of sp³-hybridized carbons (Fsp3) is 0.797. The molecule has 468 valence electrons. The van der Waals surface area contributed by atoms with Crippen LogP contribution in [-0.2, 0) is 26.3 Å². The molecule has 11 fully saturated rings. The summed E-state index contributed by atoms with van der Waals surface area (Å²) in [6.45, 7) is 9.13. The molecule has 87 heavy (non-hydrogen) atoms. The number of aliphatic hydroxyl groups is 1. The van der Waals surface area contributed by atoms with Gasteiger partial charge in [-0.05, 0) is 265 Å². The number of rotatable bonds is 4. The highest BCUT2D eigenvalue weighted by molar-refractivity contribution is 6.00. The molecule has 1 aromatic carbocycles. The van der Waals surface area contributed by atoms with Crippen molar-refractivity contribution in [2.24, 2.45) is 109 Å². The summed E-state index contributed by atoms with van der Waals surface area (Å²) in [5, 5.41) is 14.4. The lowest BCUT2D eigenvalue weighted by Crippen LogP contribution is -2.78. The standard InChI is InChI=1S/C79H107N3O5/c1-47-12-7-14-52-36-55-37-59-48(2)34-53-20-21-62-56-35-50-44-81(46-56)63(57-42-75(27-5-6-28-75)76(43-57)30-11-29-74(76)25-3-4-26-74)39-64(83)70-77-32-23-58(67(59)69(53)82(62)45-50)68(55)78(77,72(85)86-70)65(79(77)61-17-8-13-51(16-10-33-80)66(61)71(84)87-79)38-60(52)54-15-9-24-73(41-54)31-22-49(40-73)19-18-47/h8,13,17,36,47-50,54-57,59-60,62-63,65,67,83H,3-7,9-12,14-16,18-35,37-46,80H2,1-2H3. The van der Waals surface area contributed by atoms with E-state index in [-0.39, 0.29) is 29.8 Å². The molecular formula is C79H107N3O5. The maximum atomic E-state index is 17.3. The zero-order chi connectivity index (χ0) is 58.2. The molecule has 3 N–H and O–H groups in total. The Kier molecular flexibility index (Phi) is 12.3. The normalized spacial score (nSPS) is 48.2. The lowest BCUT2D eigenvalue weighted by molar-refractivity contribution is -0.283. The highest BCUT2D eigenvalue weighted by Crippen LogP contribution is 2.89. The predicted molar refractivity (Wildman–Crippen MR) is 339 cm³/mol. The van der Waals surface area contributed by atoms with Gasteiger partial charge in [0.2, 0.25) is 0 Å². The summed E-state index contributed by atoms with van der Waals surface area (Å²) in [5.41, 5.74) is 15.7. The third-order valence-electron chi connectivity index (χ3n) is 32.4. The number of esters is 2. The molecule has 20 unspecified atom stereocenters. The topological polar surface area (TPSA) is 105 Å². The number of piperidine rings is 2. The molecule has 9 aliphatic heterocycles. The van der Waals surface area contributed by atoms with Crippen molar-refractivity contribution in [2.45, 2.75) is 263 Å². The lowest BCUT2D eigenvalue weighted by Gasteiger charge is -2.73. The number of hydrogen-bond donors (Lipinski definition) is 2. The molecule has 22 rings (SSSR count). The first-order valence-electron chi connectivity index (χ1n) is 37.8. The van der Waals surface area contributed by atoms with Gasteiger partial charge in [0.15, 0.2) is 11.4 Å². The highest BCUT2D eigenvalue weighted by Gasteiger charge is 2.94. The van der Waals surface area contributed by atoms with Crippen LogP contribution in [0, 0.1) is 104 Å². The molecule has 0 aromatic heterocycles. The van der Waals surface area contributed by atoms with Crippen molar-refractivity contribution in [3.63, 3.8) is 0 Å². The average Bonchev–Trinajstić information content (AvgIpc) is 1.50. The van der Waals surface area contributed by atoms with Crippen LogP contribution in [-0.4, -0.2) is 65.1 Å². The van der Waals surface area contributed by atoms with Crippen molar-refractivity contribution in [3.05, 3.63) is 80.5 Å².